The lowest BCUT2D eigenvalue weighted by Crippen LogP contribution is -2.57. The van der Waals surface area contributed by atoms with Gasteiger partial charge in [-0.25, -0.2) is 4.39 Å². The SMILES string of the molecule is C=Cc1ccc(-c2cccc(F)c2)cn1.CC.CO[C@@H]1CC[C@@]2(C)CC3(CCC2[C@]1(C)CO)CO3. The van der Waals surface area contributed by atoms with Crippen molar-refractivity contribution in [3.63, 3.8) is 0 Å². The Morgan fingerprint density at radius 2 is 1.91 bits per heavy atom. The van der Waals surface area contributed by atoms with E-state index in [2.05, 4.69) is 25.4 Å². The summed E-state index contributed by atoms with van der Waals surface area (Å²) >= 11 is 0. The number of ether oxygens (including phenoxy) is 2. The Balaban J connectivity index is 0.000000186. The Kier molecular flexibility index (Phi) is 8.90. The van der Waals surface area contributed by atoms with Crippen LogP contribution in [0.1, 0.15) is 65.5 Å². The van der Waals surface area contributed by atoms with Gasteiger partial charge in [0.2, 0.25) is 0 Å². The zero-order valence-corrected chi connectivity index (χ0v) is 22.0. The van der Waals surface area contributed by atoms with E-state index >= 15 is 0 Å². The summed E-state index contributed by atoms with van der Waals surface area (Å²) in [5, 5.41) is 9.94. The van der Waals surface area contributed by atoms with Crippen molar-refractivity contribution < 1.29 is 19.0 Å². The quantitative estimate of drug-likeness (QED) is 0.479. The van der Waals surface area contributed by atoms with Crippen molar-refractivity contribution in [2.75, 3.05) is 20.3 Å². The molecule has 0 amide bonds. The van der Waals surface area contributed by atoms with Gasteiger partial charge in [-0.15, -0.1) is 0 Å². The number of benzene rings is 1. The summed E-state index contributed by atoms with van der Waals surface area (Å²) in [4.78, 5) is 4.16. The minimum absolute atomic E-state index is 0.0851. The van der Waals surface area contributed by atoms with Crippen molar-refractivity contribution in [1.82, 2.24) is 4.98 Å². The van der Waals surface area contributed by atoms with E-state index in [-0.39, 0.29) is 29.5 Å². The number of rotatable bonds is 4. The molecule has 5 heteroatoms. The number of halogens is 1. The van der Waals surface area contributed by atoms with E-state index in [0.717, 1.165) is 29.8 Å². The zero-order chi connectivity index (χ0) is 25.7. The third kappa shape index (κ3) is 5.84. The number of pyridine rings is 1. The molecule has 35 heavy (non-hydrogen) atoms. The van der Waals surface area contributed by atoms with Crippen molar-refractivity contribution in [2.24, 2.45) is 16.7 Å². The smallest absolute Gasteiger partial charge is 0.123 e. The summed E-state index contributed by atoms with van der Waals surface area (Å²) in [6.45, 7) is 13.4. The predicted octanol–water partition coefficient (Wildman–Crippen LogP) is 6.93. The summed E-state index contributed by atoms with van der Waals surface area (Å²) in [5.41, 5.74) is 2.99. The molecule has 3 aliphatic rings. The van der Waals surface area contributed by atoms with Gasteiger partial charge in [0.05, 0.1) is 30.6 Å². The lowest BCUT2D eigenvalue weighted by molar-refractivity contribution is -0.162. The summed E-state index contributed by atoms with van der Waals surface area (Å²) in [6, 6.07) is 10.2. The van der Waals surface area contributed by atoms with Crippen LogP contribution >= 0.6 is 0 Å². The molecule has 1 N–H and O–H groups in total. The number of aliphatic hydroxyl groups excluding tert-OH is 1. The molecule has 0 bridgehead atoms. The van der Waals surface area contributed by atoms with Crippen molar-refractivity contribution >= 4 is 6.08 Å². The third-order valence-corrected chi connectivity index (χ3v) is 8.30. The molecule has 1 aromatic heterocycles. The summed E-state index contributed by atoms with van der Waals surface area (Å²) < 4.78 is 24.3. The number of aliphatic hydroxyl groups is 1. The average molecular weight is 484 g/mol. The van der Waals surface area contributed by atoms with Crippen LogP contribution in [0.15, 0.2) is 49.2 Å². The highest BCUT2D eigenvalue weighted by atomic mass is 19.1. The van der Waals surface area contributed by atoms with Gasteiger partial charge in [-0.2, -0.15) is 0 Å². The first kappa shape index (κ1) is 27.5. The van der Waals surface area contributed by atoms with Crippen molar-refractivity contribution in [2.45, 2.75) is 71.5 Å². The molecule has 192 valence electrons. The van der Waals surface area contributed by atoms with Crippen LogP contribution in [0.5, 0.6) is 0 Å². The lowest BCUT2D eigenvalue weighted by Gasteiger charge is -2.58. The Bertz CT molecular complexity index is 974. The van der Waals surface area contributed by atoms with Crippen molar-refractivity contribution in [1.29, 1.82) is 0 Å². The van der Waals surface area contributed by atoms with Crippen LogP contribution in [0.2, 0.25) is 0 Å². The fraction of sp³-hybridized carbons (Fsp3) is 0.567. The first-order chi connectivity index (χ1) is 16.8. The van der Waals surface area contributed by atoms with Crippen LogP contribution in [0, 0.1) is 22.6 Å². The van der Waals surface area contributed by atoms with Gasteiger partial charge in [0, 0.05) is 24.3 Å². The number of aromatic nitrogens is 1. The number of fused-ring (bicyclic) bond motifs is 1. The second-order valence-corrected chi connectivity index (χ2v) is 10.5. The second kappa shape index (κ2) is 11.3. The standard InChI is InChI=1S/C15H26O3.C13H10FN.C2H6/c1-13-6-5-12(17-3)14(2,9-16)11(13)4-7-15(8-13)10-18-15;1-2-13-7-6-11(9-15-13)10-4-3-5-12(14)8-10;1-2/h11-12,16H,4-10H2,1-3H3;2-9H,1H2;1-2H3/t11?,12-,13+,14+,15?;;/m1../s1. The first-order valence-corrected chi connectivity index (χ1v) is 12.9. The fourth-order valence-corrected chi connectivity index (χ4v) is 6.42. The molecule has 4 nitrogen and oxygen atoms in total. The number of nitrogens with zero attached hydrogens (tertiary/aromatic N) is 1. The number of hydrogen-bond donors (Lipinski definition) is 1. The van der Waals surface area contributed by atoms with Gasteiger partial charge in [0.25, 0.3) is 0 Å². The van der Waals surface area contributed by atoms with E-state index in [0.29, 0.717) is 11.3 Å². The fourth-order valence-electron chi connectivity index (χ4n) is 6.42. The van der Waals surface area contributed by atoms with Gasteiger partial charge < -0.3 is 14.6 Å². The molecule has 2 aromatic rings. The van der Waals surface area contributed by atoms with Crippen molar-refractivity contribution in [3.8, 4) is 11.1 Å². The van der Waals surface area contributed by atoms with Crippen LogP contribution in [0.25, 0.3) is 17.2 Å². The van der Waals surface area contributed by atoms with E-state index in [9.17, 15) is 9.50 Å². The second-order valence-electron chi connectivity index (χ2n) is 10.5. The topological polar surface area (TPSA) is 54.9 Å². The Morgan fingerprint density at radius 1 is 1.17 bits per heavy atom. The first-order valence-electron chi connectivity index (χ1n) is 12.9. The Hall–Kier alpha value is -2.08. The van der Waals surface area contributed by atoms with E-state index < -0.39 is 0 Å². The molecule has 5 atom stereocenters. The maximum Gasteiger partial charge on any atom is 0.123 e. The maximum absolute atomic E-state index is 13.0. The van der Waals surface area contributed by atoms with Gasteiger partial charge in [0.1, 0.15) is 5.82 Å². The summed E-state index contributed by atoms with van der Waals surface area (Å²) in [6.07, 6.45) is 9.38. The Labute approximate surface area is 210 Å². The van der Waals surface area contributed by atoms with Gasteiger partial charge >= 0.3 is 0 Å². The predicted molar refractivity (Wildman–Crippen MR) is 140 cm³/mol. The van der Waals surface area contributed by atoms with Crippen LogP contribution in [0.3, 0.4) is 0 Å². The molecule has 1 aromatic carbocycles. The highest BCUT2D eigenvalue weighted by Gasteiger charge is 2.61. The van der Waals surface area contributed by atoms with E-state index in [4.69, 9.17) is 9.47 Å². The summed E-state index contributed by atoms with van der Waals surface area (Å²) in [5.74, 6) is 0.323. The lowest BCUT2D eigenvalue weighted by atomic mass is 9.49. The van der Waals surface area contributed by atoms with Crippen LogP contribution < -0.4 is 0 Å². The molecule has 1 spiro atoms. The number of epoxide rings is 1. The molecular formula is C30H42FNO3. The largest absolute Gasteiger partial charge is 0.396 e. The molecule has 2 aliphatic carbocycles. The molecule has 2 saturated carbocycles. The van der Waals surface area contributed by atoms with Crippen molar-refractivity contribution in [3.05, 3.63) is 60.7 Å². The average Bonchev–Trinajstić information content (AvgIpc) is 3.63. The number of hydrogen-bond acceptors (Lipinski definition) is 4. The maximum atomic E-state index is 13.0. The third-order valence-electron chi connectivity index (χ3n) is 8.30. The minimum atomic E-state index is -0.236. The van der Waals surface area contributed by atoms with Gasteiger partial charge in [-0.05, 0) is 73.3 Å². The van der Waals surface area contributed by atoms with Crippen LogP contribution in [0.4, 0.5) is 4.39 Å². The summed E-state index contributed by atoms with van der Waals surface area (Å²) in [7, 11) is 1.79. The van der Waals surface area contributed by atoms with Crippen LogP contribution in [-0.4, -0.2) is 42.1 Å². The molecule has 0 radical (unpaired) electrons. The normalized spacial score (nSPS) is 32.9. The van der Waals surface area contributed by atoms with Crippen LogP contribution in [-0.2, 0) is 9.47 Å². The monoisotopic (exact) mass is 483 g/mol. The Morgan fingerprint density at radius 3 is 2.46 bits per heavy atom. The minimum Gasteiger partial charge on any atom is -0.396 e. The van der Waals surface area contributed by atoms with E-state index in [1.165, 1.54) is 37.8 Å². The highest BCUT2D eigenvalue weighted by Crippen LogP contribution is 2.62. The molecule has 2 heterocycles. The van der Waals surface area contributed by atoms with Gasteiger partial charge in [-0.3, -0.25) is 4.98 Å². The highest BCUT2D eigenvalue weighted by molar-refractivity contribution is 5.63. The molecule has 3 fully saturated rings. The van der Waals surface area contributed by atoms with Gasteiger partial charge in [0.15, 0.2) is 0 Å². The molecule has 1 saturated heterocycles. The van der Waals surface area contributed by atoms with E-state index in [1.807, 2.05) is 32.0 Å². The molecule has 1 aliphatic heterocycles. The molecule has 2 unspecified atom stereocenters. The molecular weight excluding hydrogens is 441 g/mol. The van der Waals surface area contributed by atoms with E-state index in [1.54, 1.807) is 25.4 Å². The molecule has 5 rings (SSSR count). The van der Waals surface area contributed by atoms with Gasteiger partial charge in [-0.1, -0.05) is 52.5 Å². The zero-order valence-electron chi connectivity index (χ0n) is 22.0. The number of methoxy groups -OCH3 is 1.